The first kappa shape index (κ1) is 17.6. The van der Waals surface area contributed by atoms with Gasteiger partial charge >= 0.3 is 0 Å². The number of alkyl halides is 1. The van der Waals surface area contributed by atoms with E-state index in [9.17, 15) is 0 Å². The van der Waals surface area contributed by atoms with Gasteiger partial charge in [-0.3, -0.25) is 0 Å². The first-order chi connectivity index (χ1) is 10.3. The number of halogens is 1. The van der Waals surface area contributed by atoms with Crippen LogP contribution in [0, 0.1) is 11.8 Å². The molecule has 0 aliphatic carbocycles. The van der Waals surface area contributed by atoms with E-state index in [2.05, 4.69) is 11.8 Å². The Bertz CT molecular complexity index is 465. The molecule has 0 aliphatic rings. The van der Waals surface area contributed by atoms with Crippen molar-refractivity contribution < 1.29 is 18.9 Å². The van der Waals surface area contributed by atoms with Crippen molar-refractivity contribution >= 4 is 11.6 Å². The van der Waals surface area contributed by atoms with Crippen LogP contribution >= 0.6 is 11.6 Å². The van der Waals surface area contributed by atoms with Crippen molar-refractivity contribution in [3.05, 3.63) is 23.8 Å². The maximum atomic E-state index is 5.68. The molecule has 1 aromatic carbocycles. The number of hydrogen-bond acceptors (Lipinski definition) is 4. The molecule has 0 spiro atoms. The highest BCUT2D eigenvalue weighted by molar-refractivity contribution is 6.19. The van der Waals surface area contributed by atoms with Crippen molar-refractivity contribution in [2.45, 2.75) is 6.42 Å². The van der Waals surface area contributed by atoms with Crippen molar-refractivity contribution in [3.63, 3.8) is 0 Å². The van der Waals surface area contributed by atoms with E-state index in [-0.39, 0.29) is 5.88 Å². The highest BCUT2D eigenvalue weighted by atomic mass is 35.5. The summed E-state index contributed by atoms with van der Waals surface area (Å²) in [6.45, 7) is 2.36. The topological polar surface area (TPSA) is 36.9 Å². The van der Waals surface area contributed by atoms with Gasteiger partial charge in [-0.05, 0) is 24.6 Å². The van der Waals surface area contributed by atoms with Crippen LogP contribution in [-0.2, 0) is 9.47 Å². The minimum absolute atomic E-state index is 0.277. The van der Waals surface area contributed by atoms with Crippen LogP contribution in [0.25, 0.3) is 0 Å². The maximum Gasteiger partial charge on any atom is 0.135 e. The lowest BCUT2D eigenvalue weighted by Crippen LogP contribution is -2.09. The Hall–Kier alpha value is -1.41. The molecule has 0 N–H and O–H groups in total. The quantitative estimate of drug-likeness (QED) is 0.399. The third-order valence-corrected chi connectivity index (χ3v) is 2.73. The molecular weight excluding hydrogens is 292 g/mol. The monoisotopic (exact) mass is 312 g/mol. The van der Waals surface area contributed by atoms with Gasteiger partial charge in [-0.2, -0.15) is 0 Å². The van der Waals surface area contributed by atoms with E-state index in [1.54, 1.807) is 14.2 Å². The fraction of sp³-hybridized carbons (Fsp3) is 0.500. The van der Waals surface area contributed by atoms with Crippen molar-refractivity contribution in [1.29, 1.82) is 0 Å². The van der Waals surface area contributed by atoms with Gasteiger partial charge in [-0.1, -0.05) is 11.8 Å². The molecule has 1 aromatic rings. The Labute approximate surface area is 131 Å². The highest BCUT2D eigenvalue weighted by Crippen LogP contribution is 2.23. The molecule has 0 amide bonds. The summed E-state index contributed by atoms with van der Waals surface area (Å²) in [6, 6.07) is 5.50. The predicted molar refractivity (Wildman–Crippen MR) is 83.4 cm³/mol. The second kappa shape index (κ2) is 11.3. The Morgan fingerprint density at radius 2 is 1.95 bits per heavy atom. The van der Waals surface area contributed by atoms with Crippen LogP contribution in [0.3, 0.4) is 0 Å². The number of benzene rings is 1. The molecule has 0 heterocycles. The van der Waals surface area contributed by atoms with Crippen LogP contribution in [0.2, 0.25) is 0 Å². The average Bonchev–Trinajstić information content (AvgIpc) is 2.52. The van der Waals surface area contributed by atoms with Crippen molar-refractivity contribution in [2.24, 2.45) is 0 Å². The van der Waals surface area contributed by atoms with E-state index >= 15 is 0 Å². The number of ether oxygens (including phenoxy) is 4. The molecule has 0 bridgehead atoms. The second-order valence-corrected chi connectivity index (χ2v) is 4.37. The third kappa shape index (κ3) is 7.24. The molecule has 0 aromatic heterocycles. The van der Waals surface area contributed by atoms with Crippen LogP contribution in [0.4, 0.5) is 0 Å². The summed E-state index contributed by atoms with van der Waals surface area (Å²) < 4.78 is 21.2. The van der Waals surface area contributed by atoms with Gasteiger partial charge < -0.3 is 18.9 Å². The zero-order chi connectivity index (χ0) is 15.3. The van der Waals surface area contributed by atoms with E-state index in [0.717, 1.165) is 17.7 Å². The Balaban J connectivity index is 2.46. The van der Waals surface area contributed by atoms with E-state index in [0.29, 0.717) is 32.2 Å². The standard InChI is InChI=1S/C16H21ClO4/c1-18-9-4-10-20-11-12-21-16-7-6-15(19-2)13-14(16)5-3-8-17/h6-7,13H,4,8-12H2,1-2H3. The number of hydrogen-bond donors (Lipinski definition) is 0. The lowest BCUT2D eigenvalue weighted by molar-refractivity contribution is 0.0806. The zero-order valence-corrected chi connectivity index (χ0v) is 13.2. The van der Waals surface area contributed by atoms with Crippen LogP contribution < -0.4 is 9.47 Å². The Morgan fingerprint density at radius 1 is 1.10 bits per heavy atom. The van der Waals surface area contributed by atoms with Gasteiger partial charge in [0.05, 0.1) is 25.2 Å². The van der Waals surface area contributed by atoms with Crippen molar-refractivity contribution in [1.82, 2.24) is 0 Å². The van der Waals surface area contributed by atoms with Gasteiger partial charge in [0, 0.05) is 20.3 Å². The molecule has 0 saturated carbocycles. The lowest BCUT2D eigenvalue weighted by Gasteiger charge is -2.10. The predicted octanol–water partition coefficient (Wildman–Crippen LogP) is 2.72. The molecule has 0 aliphatic heterocycles. The molecular formula is C16H21ClO4. The molecule has 4 nitrogen and oxygen atoms in total. The minimum atomic E-state index is 0.277. The lowest BCUT2D eigenvalue weighted by atomic mass is 10.2. The van der Waals surface area contributed by atoms with Gasteiger partial charge in [0.1, 0.15) is 18.1 Å². The van der Waals surface area contributed by atoms with Gasteiger partial charge in [-0.15, -0.1) is 11.6 Å². The van der Waals surface area contributed by atoms with Crippen molar-refractivity contribution in [3.8, 4) is 23.3 Å². The van der Waals surface area contributed by atoms with Crippen molar-refractivity contribution in [2.75, 3.05) is 46.5 Å². The zero-order valence-electron chi connectivity index (χ0n) is 12.5. The molecule has 0 fully saturated rings. The van der Waals surface area contributed by atoms with Crippen LogP contribution in [0.15, 0.2) is 18.2 Å². The molecule has 0 atom stereocenters. The average molecular weight is 313 g/mol. The summed E-state index contributed by atoms with van der Waals surface area (Å²) in [4.78, 5) is 0. The third-order valence-electron chi connectivity index (χ3n) is 2.60. The molecule has 0 unspecified atom stereocenters. The largest absolute Gasteiger partial charge is 0.497 e. The second-order valence-electron chi connectivity index (χ2n) is 4.10. The summed E-state index contributed by atoms with van der Waals surface area (Å²) >= 11 is 5.59. The summed E-state index contributed by atoms with van der Waals surface area (Å²) in [5.74, 6) is 7.49. The van der Waals surface area contributed by atoms with Gasteiger partial charge in [-0.25, -0.2) is 0 Å². The minimum Gasteiger partial charge on any atom is -0.497 e. The summed E-state index contributed by atoms with van der Waals surface area (Å²) in [5, 5.41) is 0. The highest BCUT2D eigenvalue weighted by Gasteiger charge is 2.03. The normalized spacial score (nSPS) is 9.86. The summed E-state index contributed by atoms with van der Waals surface area (Å²) in [6.07, 6.45) is 0.880. The van der Waals surface area contributed by atoms with Crippen LogP contribution in [0.1, 0.15) is 12.0 Å². The fourth-order valence-electron chi connectivity index (χ4n) is 1.61. The van der Waals surface area contributed by atoms with Gasteiger partial charge in [0.15, 0.2) is 0 Å². The van der Waals surface area contributed by atoms with Gasteiger partial charge in [0.2, 0.25) is 0 Å². The summed E-state index contributed by atoms with van der Waals surface area (Å²) in [7, 11) is 3.29. The fourth-order valence-corrected chi connectivity index (χ4v) is 1.67. The first-order valence-electron chi connectivity index (χ1n) is 6.74. The smallest absolute Gasteiger partial charge is 0.135 e. The molecule has 0 saturated heterocycles. The molecule has 21 heavy (non-hydrogen) atoms. The van der Waals surface area contributed by atoms with E-state index < -0.39 is 0 Å². The molecule has 5 heteroatoms. The number of rotatable bonds is 9. The maximum absolute atomic E-state index is 5.68. The Kier molecular flexibility index (Phi) is 9.47. The van der Waals surface area contributed by atoms with E-state index in [1.165, 1.54) is 0 Å². The molecule has 1 rings (SSSR count). The molecule has 0 radical (unpaired) electrons. The van der Waals surface area contributed by atoms with E-state index in [4.69, 9.17) is 30.5 Å². The molecule has 116 valence electrons. The Morgan fingerprint density at radius 3 is 2.67 bits per heavy atom. The summed E-state index contributed by atoms with van der Waals surface area (Å²) in [5.41, 5.74) is 0.759. The van der Waals surface area contributed by atoms with Crippen LogP contribution in [0.5, 0.6) is 11.5 Å². The van der Waals surface area contributed by atoms with E-state index in [1.807, 2.05) is 18.2 Å². The van der Waals surface area contributed by atoms with Gasteiger partial charge in [0.25, 0.3) is 0 Å². The SMILES string of the molecule is COCCCOCCOc1ccc(OC)cc1C#CCCl. The van der Waals surface area contributed by atoms with Crippen LogP contribution in [-0.4, -0.2) is 46.5 Å². The number of methoxy groups -OCH3 is 2. The first-order valence-corrected chi connectivity index (χ1v) is 7.27.